The van der Waals surface area contributed by atoms with Gasteiger partial charge in [0.25, 0.3) is 0 Å². The predicted octanol–water partition coefficient (Wildman–Crippen LogP) is 6.92. The van der Waals surface area contributed by atoms with Gasteiger partial charge in [-0.15, -0.1) is 0 Å². The molecule has 33 heavy (non-hydrogen) atoms. The summed E-state index contributed by atoms with van der Waals surface area (Å²) in [5, 5.41) is 3.12. The van der Waals surface area contributed by atoms with Crippen molar-refractivity contribution in [1.82, 2.24) is 0 Å². The molecule has 4 aromatic carbocycles. The fourth-order valence-corrected chi connectivity index (χ4v) is 9.27. The zero-order valence-electron chi connectivity index (χ0n) is 20.1. The Morgan fingerprint density at radius 2 is 1.24 bits per heavy atom. The van der Waals surface area contributed by atoms with Crippen LogP contribution < -0.4 is 10.4 Å². The summed E-state index contributed by atoms with van der Waals surface area (Å²) in [5.41, 5.74) is 11.2. The average Bonchev–Trinajstić information content (AvgIpc) is 3.08. The van der Waals surface area contributed by atoms with Crippen LogP contribution in [0, 0.1) is 0 Å². The summed E-state index contributed by atoms with van der Waals surface area (Å²) in [5.74, 6) is 0. The molecule has 0 spiro atoms. The normalized spacial score (nSPS) is 13.6. The molecule has 0 radical (unpaired) electrons. The molecule has 0 N–H and O–H groups in total. The number of hydrogen-bond donors (Lipinski definition) is 0. The molecule has 2 heteroatoms. The van der Waals surface area contributed by atoms with Crippen molar-refractivity contribution < 1.29 is 4.74 Å². The van der Waals surface area contributed by atoms with Crippen LogP contribution in [0.1, 0.15) is 24.5 Å². The van der Waals surface area contributed by atoms with Crippen LogP contribution in [0.2, 0.25) is 13.1 Å². The van der Waals surface area contributed by atoms with E-state index in [1.807, 2.05) is 7.11 Å². The Bertz CT molecular complexity index is 1290. The molecule has 0 amide bonds. The highest BCUT2D eigenvalue weighted by Gasteiger charge is 2.42. The van der Waals surface area contributed by atoms with Crippen molar-refractivity contribution in [3.8, 4) is 33.4 Å². The van der Waals surface area contributed by atoms with Gasteiger partial charge in [-0.25, -0.2) is 0 Å². The van der Waals surface area contributed by atoms with Gasteiger partial charge < -0.3 is 4.74 Å². The van der Waals surface area contributed by atoms with Crippen LogP contribution in [-0.2, 0) is 17.8 Å². The molecule has 0 unspecified atom stereocenters. The fraction of sp³-hybridized carbons (Fsp3) is 0.226. The minimum Gasteiger partial charge on any atom is -0.380 e. The van der Waals surface area contributed by atoms with Crippen LogP contribution in [-0.4, -0.2) is 15.2 Å². The summed E-state index contributed by atoms with van der Waals surface area (Å²) >= 11 is 0. The van der Waals surface area contributed by atoms with Gasteiger partial charge in [0.1, 0.15) is 8.07 Å². The molecule has 0 saturated heterocycles. The lowest BCUT2D eigenvalue weighted by Gasteiger charge is -2.29. The molecule has 4 aromatic rings. The summed E-state index contributed by atoms with van der Waals surface area (Å²) in [6.45, 7) is 7.96. The maximum atomic E-state index is 5.89. The molecule has 0 atom stereocenters. The van der Waals surface area contributed by atoms with Gasteiger partial charge in [0, 0.05) is 7.11 Å². The molecule has 0 saturated carbocycles. The van der Waals surface area contributed by atoms with Gasteiger partial charge in [-0.1, -0.05) is 111 Å². The minimum atomic E-state index is -1.93. The van der Waals surface area contributed by atoms with Crippen LogP contribution in [0.5, 0.6) is 0 Å². The molecule has 0 fully saturated rings. The smallest absolute Gasteiger partial charge is 0.114 e. The Hall–Kier alpha value is -2.94. The van der Waals surface area contributed by atoms with Crippen molar-refractivity contribution in [2.24, 2.45) is 0 Å². The zero-order valence-corrected chi connectivity index (χ0v) is 21.1. The second-order valence-electron chi connectivity index (χ2n) is 9.54. The second kappa shape index (κ2) is 8.77. The van der Waals surface area contributed by atoms with E-state index in [9.17, 15) is 0 Å². The second-order valence-corrected chi connectivity index (χ2v) is 13.8. The first-order valence-electron chi connectivity index (χ1n) is 12.0. The molecule has 1 heterocycles. The Balaban J connectivity index is 2.02. The van der Waals surface area contributed by atoms with Gasteiger partial charge in [0.05, 0.1) is 6.61 Å². The SMILES string of the molecule is CCCc1c(COC)c(-c2ccccc2)c2c(c1-c1ccccc1)-c1ccccc1[Si]2(C)C. The number of benzene rings is 4. The van der Waals surface area contributed by atoms with Gasteiger partial charge >= 0.3 is 0 Å². The summed E-state index contributed by atoms with van der Waals surface area (Å²) in [7, 11) is -0.104. The molecule has 0 bridgehead atoms. The van der Waals surface area contributed by atoms with Crippen molar-refractivity contribution in [2.45, 2.75) is 39.5 Å². The van der Waals surface area contributed by atoms with Gasteiger partial charge in [-0.3, -0.25) is 0 Å². The topological polar surface area (TPSA) is 9.23 Å². The molecular formula is C31H32OSi. The molecule has 1 nitrogen and oxygen atoms in total. The summed E-state index contributed by atoms with van der Waals surface area (Å²) in [6.07, 6.45) is 2.15. The third-order valence-electron chi connectivity index (χ3n) is 7.13. The van der Waals surface area contributed by atoms with Crippen molar-refractivity contribution in [3.05, 3.63) is 96.1 Å². The monoisotopic (exact) mass is 448 g/mol. The third kappa shape index (κ3) is 3.49. The molecule has 0 aliphatic carbocycles. The van der Waals surface area contributed by atoms with E-state index in [4.69, 9.17) is 4.74 Å². The Labute approximate surface area is 199 Å². The Kier molecular flexibility index (Phi) is 5.82. The van der Waals surface area contributed by atoms with E-state index in [0.717, 1.165) is 12.8 Å². The van der Waals surface area contributed by atoms with E-state index < -0.39 is 8.07 Å². The molecule has 1 aliphatic heterocycles. The van der Waals surface area contributed by atoms with Crippen LogP contribution >= 0.6 is 0 Å². The van der Waals surface area contributed by atoms with E-state index in [2.05, 4.69) is 105 Å². The highest BCUT2D eigenvalue weighted by atomic mass is 28.3. The maximum absolute atomic E-state index is 5.89. The standard InChI is InChI=1S/C31H32OSi/c1-5-14-24-26(21-32-2)29(23-17-10-7-11-18-23)31-30(28(24)22-15-8-6-9-16-22)25-19-12-13-20-27(25)33(31,3)4/h6-13,15-20H,5,14,21H2,1-4H3. The fourth-order valence-electron chi connectivity index (χ4n) is 5.80. The lowest BCUT2D eigenvalue weighted by molar-refractivity contribution is 0.184. The van der Waals surface area contributed by atoms with E-state index in [0.29, 0.717) is 6.61 Å². The first kappa shape index (κ1) is 21.9. The van der Waals surface area contributed by atoms with Crippen molar-refractivity contribution in [2.75, 3.05) is 7.11 Å². The number of fused-ring (bicyclic) bond motifs is 3. The van der Waals surface area contributed by atoms with Gasteiger partial charge in [0.2, 0.25) is 0 Å². The average molecular weight is 449 g/mol. The lowest BCUT2D eigenvalue weighted by Crippen LogP contribution is -2.50. The highest BCUT2D eigenvalue weighted by Crippen LogP contribution is 2.45. The van der Waals surface area contributed by atoms with E-state index in [1.54, 1.807) is 10.4 Å². The quantitative estimate of drug-likeness (QED) is 0.291. The molecule has 5 rings (SSSR count). The third-order valence-corrected chi connectivity index (χ3v) is 10.7. The van der Waals surface area contributed by atoms with Crippen molar-refractivity contribution in [3.63, 3.8) is 0 Å². The molecular weight excluding hydrogens is 416 g/mol. The van der Waals surface area contributed by atoms with E-state index >= 15 is 0 Å². The van der Waals surface area contributed by atoms with Crippen LogP contribution in [0.25, 0.3) is 33.4 Å². The minimum absolute atomic E-state index is 0.632. The number of hydrogen-bond acceptors (Lipinski definition) is 1. The largest absolute Gasteiger partial charge is 0.380 e. The number of rotatable bonds is 6. The molecule has 0 aromatic heterocycles. The van der Waals surface area contributed by atoms with Crippen LogP contribution in [0.15, 0.2) is 84.9 Å². The van der Waals surface area contributed by atoms with E-state index in [-0.39, 0.29) is 0 Å². The zero-order chi connectivity index (χ0) is 23.0. The Morgan fingerprint density at radius 3 is 1.85 bits per heavy atom. The molecule has 166 valence electrons. The van der Waals surface area contributed by atoms with Crippen LogP contribution in [0.3, 0.4) is 0 Å². The predicted molar refractivity (Wildman–Crippen MR) is 144 cm³/mol. The number of methoxy groups -OCH3 is 1. The summed E-state index contributed by atoms with van der Waals surface area (Å²) in [4.78, 5) is 0. The van der Waals surface area contributed by atoms with E-state index in [1.165, 1.54) is 44.5 Å². The Morgan fingerprint density at radius 1 is 0.667 bits per heavy atom. The lowest BCUT2D eigenvalue weighted by atomic mass is 9.82. The number of ether oxygens (including phenoxy) is 1. The van der Waals surface area contributed by atoms with Crippen molar-refractivity contribution in [1.29, 1.82) is 0 Å². The summed E-state index contributed by atoms with van der Waals surface area (Å²) < 4.78 is 5.89. The first-order chi connectivity index (χ1) is 16.1. The van der Waals surface area contributed by atoms with Crippen molar-refractivity contribution >= 4 is 18.4 Å². The first-order valence-corrected chi connectivity index (χ1v) is 15.0. The van der Waals surface area contributed by atoms with Gasteiger partial charge in [-0.2, -0.15) is 0 Å². The molecule has 1 aliphatic rings. The highest BCUT2D eigenvalue weighted by molar-refractivity contribution is 7.04. The van der Waals surface area contributed by atoms with Gasteiger partial charge in [-0.05, 0) is 61.3 Å². The van der Waals surface area contributed by atoms with Crippen LogP contribution in [0.4, 0.5) is 0 Å². The maximum Gasteiger partial charge on any atom is 0.114 e. The summed E-state index contributed by atoms with van der Waals surface area (Å²) in [6, 6.07) is 31.2. The van der Waals surface area contributed by atoms with Gasteiger partial charge in [0.15, 0.2) is 0 Å².